The Bertz CT molecular complexity index is 1270. The van der Waals surface area contributed by atoms with E-state index in [1.807, 2.05) is 37.3 Å². The summed E-state index contributed by atoms with van der Waals surface area (Å²) in [5.74, 6) is -2.32. The van der Waals surface area contributed by atoms with Gasteiger partial charge >= 0.3 is 12.1 Å². The van der Waals surface area contributed by atoms with Gasteiger partial charge in [0.05, 0.1) is 23.9 Å². The molecule has 1 aromatic heterocycles. The van der Waals surface area contributed by atoms with Crippen LogP contribution in [-0.2, 0) is 21.4 Å². The fourth-order valence-corrected chi connectivity index (χ4v) is 5.09. The third kappa shape index (κ3) is 8.73. The molecule has 0 aliphatic rings. The molecule has 3 aromatic rings. The van der Waals surface area contributed by atoms with Gasteiger partial charge in [-0.2, -0.15) is 13.2 Å². The number of hydrogen-bond donors (Lipinski definition) is 1. The molecule has 0 unspecified atom stereocenters. The van der Waals surface area contributed by atoms with E-state index < -0.39 is 22.2 Å². The van der Waals surface area contributed by atoms with Crippen LogP contribution in [0.25, 0.3) is 0 Å². The monoisotopic (exact) mass is 553 g/mol. The van der Waals surface area contributed by atoms with Crippen LogP contribution >= 0.6 is 0 Å². The molecule has 0 spiro atoms. The van der Waals surface area contributed by atoms with Gasteiger partial charge in [-0.3, -0.25) is 9.21 Å². The zero-order valence-electron chi connectivity index (χ0n) is 21.2. The SMILES string of the molecule is CCN(CCN(c1ccc(OC)nc1)S(=O)(=O)c1ccccc1C)Cc1ccccc1.O=C(O)C(F)(F)F. The van der Waals surface area contributed by atoms with Crippen LogP contribution in [-0.4, -0.2) is 62.3 Å². The van der Waals surface area contributed by atoms with E-state index in [0.717, 1.165) is 13.1 Å². The molecule has 0 radical (unpaired) electrons. The average molecular weight is 554 g/mol. The summed E-state index contributed by atoms with van der Waals surface area (Å²) in [4.78, 5) is 15.6. The Kier molecular flexibility index (Phi) is 11.1. The Labute approximate surface area is 220 Å². The molecule has 3 rings (SSSR count). The fraction of sp³-hybridized carbons (Fsp3) is 0.308. The lowest BCUT2D eigenvalue weighted by molar-refractivity contribution is -0.192. The van der Waals surface area contributed by atoms with Crippen molar-refractivity contribution in [3.63, 3.8) is 0 Å². The number of likely N-dealkylation sites (N-methyl/N-ethyl adjacent to an activating group) is 1. The summed E-state index contributed by atoms with van der Waals surface area (Å²) in [5, 5.41) is 7.12. The number of benzene rings is 2. The van der Waals surface area contributed by atoms with Gasteiger partial charge in [-0.05, 0) is 36.7 Å². The van der Waals surface area contributed by atoms with Crippen LogP contribution < -0.4 is 9.04 Å². The molecule has 12 heteroatoms. The van der Waals surface area contributed by atoms with Gasteiger partial charge in [0.15, 0.2) is 0 Å². The number of carbonyl (C=O) groups is 1. The van der Waals surface area contributed by atoms with Crippen molar-refractivity contribution in [3.05, 3.63) is 84.1 Å². The summed E-state index contributed by atoms with van der Waals surface area (Å²) in [5.41, 5.74) is 2.43. The fourth-order valence-electron chi connectivity index (χ4n) is 3.42. The van der Waals surface area contributed by atoms with E-state index in [1.54, 1.807) is 30.5 Å². The van der Waals surface area contributed by atoms with Crippen molar-refractivity contribution < 1.29 is 36.2 Å². The highest BCUT2D eigenvalue weighted by atomic mass is 32.2. The van der Waals surface area contributed by atoms with Gasteiger partial charge in [0.25, 0.3) is 10.0 Å². The van der Waals surface area contributed by atoms with Gasteiger partial charge in [0, 0.05) is 25.7 Å². The second-order valence-electron chi connectivity index (χ2n) is 8.06. The number of rotatable bonds is 10. The van der Waals surface area contributed by atoms with Crippen LogP contribution in [0.15, 0.2) is 77.8 Å². The maximum Gasteiger partial charge on any atom is 0.490 e. The van der Waals surface area contributed by atoms with E-state index in [2.05, 4.69) is 28.9 Å². The van der Waals surface area contributed by atoms with Crippen molar-refractivity contribution in [3.8, 4) is 5.88 Å². The zero-order valence-corrected chi connectivity index (χ0v) is 22.0. The third-order valence-corrected chi connectivity index (χ3v) is 7.43. The summed E-state index contributed by atoms with van der Waals surface area (Å²) < 4.78 is 65.5. The number of carboxylic acid groups (broad SMARTS) is 1. The maximum atomic E-state index is 13.6. The van der Waals surface area contributed by atoms with Gasteiger partial charge in [-0.25, -0.2) is 18.2 Å². The van der Waals surface area contributed by atoms with Crippen molar-refractivity contribution in [1.82, 2.24) is 9.88 Å². The largest absolute Gasteiger partial charge is 0.490 e. The van der Waals surface area contributed by atoms with Crippen LogP contribution in [0.5, 0.6) is 5.88 Å². The number of aromatic nitrogens is 1. The lowest BCUT2D eigenvalue weighted by Gasteiger charge is -2.28. The molecular formula is C26H30F3N3O5S. The van der Waals surface area contributed by atoms with Gasteiger partial charge in [-0.15, -0.1) is 0 Å². The van der Waals surface area contributed by atoms with E-state index in [1.165, 1.54) is 17.0 Å². The van der Waals surface area contributed by atoms with E-state index in [-0.39, 0.29) is 0 Å². The van der Waals surface area contributed by atoms with Crippen LogP contribution in [0.3, 0.4) is 0 Å². The van der Waals surface area contributed by atoms with E-state index in [9.17, 15) is 21.6 Å². The number of aryl methyl sites for hydroxylation is 1. The summed E-state index contributed by atoms with van der Waals surface area (Å²) in [7, 11) is -2.22. The number of aliphatic carboxylic acids is 1. The second-order valence-corrected chi connectivity index (χ2v) is 9.89. The molecule has 0 aliphatic carbocycles. The molecule has 38 heavy (non-hydrogen) atoms. The van der Waals surface area contributed by atoms with Crippen LogP contribution in [0.1, 0.15) is 18.1 Å². The molecule has 0 bridgehead atoms. The first kappa shape index (κ1) is 30.6. The predicted molar refractivity (Wildman–Crippen MR) is 138 cm³/mol. The highest BCUT2D eigenvalue weighted by molar-refractivity contribution is 7.92. The van der Waals surface area contributed by atoms with Crippen LogP contribution in [0.2, 0.25) is 0 Å². The van der Waals surface area contributed by atoms with Crippen molar-refractivity contribution >= 4 is 21.7 Å². The molecule has 0 atom stereocenters. The number of nitrogens with zero attached hydrogens (tertiary/aromatic N) is 3. The topological polar surface area (TPSA) is 100 Å². The number of hydrogen-bond acceptors (Lipinski definition) is 6. The lowest BCUT2D eigenvalue weighted by atomic mass is 10.2. The molecule has 1 N–H and O–H groups in total. The predicted octanol–water partition coefficient (Wildman–Crippen LogP) is 4.75. The minimum Gasteiger partial charge on any atom is -0.481 e. The molecule has 2 aromatic carbocycles. The maximum absolute atomic E-state index is 13.6. The smallest absolute Gasteiger partial charge is 0.481 e. The van der Waals surface area contributed by atoms with Gasteiger partial charge in [0.2, 0.25) is 5.88 Å². The number of alkyl halides is 3. The van der Waals surface area contributed by atoms with Crippen LogP contribution in [0, 0.1) is 6.92 Å². The molecule has 1 heterocycles. The standard InChI is InChI=1S/C24H29N3O3S.C2HF3O2/c1-4-26(19-21-11-6-5-7-12-21)16-17-27(22-14-15-24(30-3)25-18-22)31(28,29)23-13-9-8-10-20(23)2;3-2(4,5)1(6)7/h5-15,18H,4,16-17,19H2,1-3H3;(H,6,7). The number of methoxy groups -OCH3 is 1. The minimum atomic E-state index is -5.08. The van der Waals surface area contributed by atoms with Crippen molar-refractivity contribution in [1.29, 1.82) is 0 Å². The molecule has 0 fully saturated rings. The van der Waals surface area contributed by atoms with E-state index in [0.29, 0.717) is 35.1 Å². The molecule has 0 saturated carbocycles. The molecular weight excluding hydrogens is 523 g/mol. The number of carboxylic acids is 1. The third-order valence-electron chi connectivity index (χ3n) is 5.44. The second kappa shape index (κ2) is 13.8. The summed E-state index contributed by atoms with van der Waals surface area (Å²) >= 11 is 0. The molecule has 0 aliphatic heterocycles. The number of anilines is 1. The normalized spacial score (nSPS) is 11.4. The Balaban J connectivity index is 0.000000638. The van der Waals surface area contributed by atoms with Gasteiger partial charge in [0.1, 0.15) is 0 Å². The van der Waals surface area contributed by atoms with E-state index >= 15 is 0 Å². The average Bonchev–Trinajstić information content (AvgIpc) is 2.89. The Morgan fingerprint density at radius 3 is 2.11 bits per heavy atom. The Morgan fingerprint density at radius 2 is 1.61 bits per heavy atom. The van der Waals surface area contributed by atoms with Crippen molar-refractivity contribution in [2.75, 3.05) is 31.0 Å². The van der Waals surface area contributed by atoms with Crippen molar-refractivity contribution in [2.24, 2.45) is 0 Å². The molecule has 0 amide bonds. The summed E-state index contributed by atoms with van der Waals surface area (Å²) in [6.07, 6.45) is -3.54. The summed E-state index contributed by atoms with van der Waals surface area (Å²) in [6.45, 7) is 6.36. The minimum absolute atomic E-state index is 0.303. The molecule has 206 valence electrons. The molecule has 0 saturated heterocycles. The van der Waals surface area contributed by atoms with Crippen molar-refractivity contribution in [2.45, 2.75) is 31.5 Å². The number of pyridine rings is 1. The first-order valence-electron chi connectivity index (χ1n) is 11.5. The molecule has 8 nitrogen and oxygen atoms in total. The van der Waals surface area contributed by atoms with Crippen LogP contribution in [0.4, 0.5) is 18.9 Å². The zero-order chi connectivity index (χ0) is 28.3. The quantitative estimate of drug-likeness (QED) is 0.387. The number of sulfonamides is 1. The van der Waals surface area contributed by atoms with E-state index in [4.69, 9.17) is 14.6 Å². The lowest BCUT2D eigenvalue weighted by Crippen LogP contribution is -2.39. The Hall–Kier alpha value is -3.64. The van der Waals surface area contributed by atoms with Gasteiger partial charge in [-0.1, -0.05) is 55.5 Å². The highest BCUT2D eigenvalue weighted by Gasteiger charge is 2.38. The number of halogens is 3. The number of ether oxygens (including phenoxy) is 1. The first-order valence-corrected chi connectivity index (χ1v) is 13.0. The van der Waals surface area contributed by atoms with Gasteiger partial charge < -0.3 is 9.84 Å². The highest BCUT2D eigenvalue weighted by Crippen LogP contribution is 2.26. The first-order chi connectivity index (χ1) is 17.9. The Morgan fingerprint density at radius 1 is 1.00 bits per heavy atom. The summed E-state index contributed by atoms with van der Waals surface area (Å²) in [6, 6.07) is 20.6.